The number of hydrogen-bond donors (Lipinski definition) is 1. The minimum Gasteiger partial charge on any atom is -0.379 e. The normalized spacial score (nSPS) is 34.2. The molecule has 1 spiro atoms. The molecule has 2 heterocycles. The highest BCUT2D eigenvalue weighted by atomic mass is 16.5. The van der Waals surface area contributed by atoms with E-state index in [-0.39, 0.29) is 6.04 Å². The van der Waals surface area contributed by atoms with E-state index in [0.717, 1.165) is 13.2 Å². The lowest BCUT2D eigenvalue weighted by molar-refractivity contribution is 0.0783. The summed E-state index contributed by atoms with van der Waals surface area (Å²) in [5, 5.41) is 0. The van der Waals surface area contributed by atoms with Gasteiger partial charge in [-0.25, -0.2) is 0 Å². The van der Waals surface area contributed by atoms with Crippen LogP contribution in [0.1, 0.15) is 19.8 Å². The smallest absolute Gasteiger partial charge is 0.0624 e. The van der Waals surface area contributed by atoms with E-state index in [0.29, 0.717) is 5.41 Å². The average molecular weight is 184 g/mol. The molecule has 0 amide bonds. The maximum Gasteiger partial charge on any atom is 0.0624 e. The highest BCUT2D eigenvalue weighted by molar-refractivity contribution is 4.96. The molecular formula is C10H20N2O. The molecule has 2 N–H and O–H groups in total. The van der Waals surface area contributed by atoms with E-state index in [9.17, 15) is 0 Å². The Kier molecular flexibility index (Phi) is 2.58. The Hall–Kier alpha value is -0.120. The molecule has 0 aromatic carbocycles. The summed E-state index contributed by atoms with van der Waals surface area (Å²) >= 11 is 0. The summed E-state index contributed by atoms with van der Waals surface area (Å²) in [6.45, 7) is 7.47. The zero-order chi connectivity index (χ0) is 9.31. The first-order valence-electron chi connectivity index (χ1n) is 5.32. The fourth-order valence-electron chi connectivity index (χ4n) is 2.50. The summed E-state index contributed by atoms with van der Waals surface area (Å²) < 4.78 is 5.48. The summed E-state index contributed by atoms with van der Waals surface area (Å²) in [5.41, 5.74) is 6.41. The van der Waals surface area contributed by atoms with Crippen LogP contribution >= 0.6 is 0 Å². The number of piperidine rings is 1. The maximum atomic E-state index is 6.09. The summed E-state index contributed by atoms with van der Waals surface area (Å²) in [7, 11) is 0. The molecular weight excluding hydrogens is 164 g/mol. The van der Waals surface area contributed by atoms with Crippen molar-refractivity contribution in [3.63, 3.8) is 0 Å². The summed E-state index contributed by atoms with van der Waals surface area (Å²) in [6.07, 6.45) is 2.45. The van der Waals surface area contributed by atoms with Gasteiger partial charge in [0, 0.05) is 11.5 Å². The highest BCUT2D eigenvalue weighted by Crippen LogP contribution is 2.38. The van der Waals surface area contributed by atoms with Crippen LogP contribution in [0.25, 0.3) is 0 Å². The van der Waals surface area contributed by atoms with Crippen molar-refractivity contribution in [1.82, 2.24) is 4.90 Å². The second kappa shape index (κ2) is 3.56. The molecule has 0 unspecified atom stereocenters. The Morgan fingerprint density at radius 1 is 1.46 bits per heavy atom. The van der Waals surface area contributed by atoms with Crippen LogP contribution in [0.15, 0.2) is 0 Å². The molecule has 13 heavy (non-hydrogen) atoms. The van der Waals surface area contributed by atoms with Gasteiger partial charge >= 0.3 is 0 Å². The van der Waals surface area contributed by atoms with Crippen molar-refractivity contribution in [2.24, 2.45) is 11.1 Å². The molecule has 2 aliphatic rings. The molecule has 0 bridgehead atoms. The van der Waals surface area contributed by atoms with Gasteiger partial charge in [-0.15, -0.1) is 0 Å². The van der Waals surface area contributed by atoms with Gasteiger partial charge in [-0.2, -0.15) is 0 Å². The highest BCUT2D eigenvalue weighted by Gasteiger charge is 2.43. The van der Waals surface area contributed by atoms with E-state index in [1.807, 2.05) is 0 Å². The van der Waals surface area contributed by atoms with Crippen molar-refractivity contribution in [2.75, 3.05) is 32.8 Å². The van der Waals surface area contributed by atoms with Crippen molar-refractivity contribution in [1.29, 1.82) is 0 Å². The topological polar surface area (TPSA) is 38.5 Å². The number of nitrogens with zero attached hydrogens (tertiary/aromatic N) is 1. The standard InChI is InChI=1S/C10H20N2O/c1-2-12-5-3-10(4-6-12)8-13-7-9(10)11/h9H,2-8,11H2,1H3/t9-/m1/s1. The summed E-state index contributed by atoms with van der Waals surface area (Å²) in [5.74, 6) is 0. The third kappa shape index (κ3) is 1.60. The van der Waals surface area contributed by atoms with Crippen LogP contribution in [-0.4, -0.2) is 43.8 Å². The average Bonchev–Trinajstić information content (AvgIpc) is 2.50. The van der Waals surface area contributed by atoms with Gasteiger partial charge in [-0.3, -0.25) is 0 Å². The van der Waals surface area contributed by atoms with E-state index in [1.54, 1.807) is 0 Å². The zero-order valence-electron chi connectivity index (χ0n) is 8.46. The lowest BCUT2D eigenvalue weighted by atomic mass is 9.75. The Balaban J connectivity index is 1.95. The lowest BCUT2D eigenvalue weighted by Gasteiger charge is -2.40. The van der Waals surface area contributed by atoms with Crippen molar-refractivity contribution >= 4 is 0 Å². The predicted octanol–water partition coefficient (Wildman–Crippen LogP) is 0.446. The van der Waals surface area contributed by atoms with E-state index < -0.39 is 0 Å². The van der Waals surface area contributed by atoms with Crippen molar-refractivity contribution < 1.29 is 4.74 Å². The number of hydrogen-bond acceptors (Lipinski definition) is 3. The Morgan fingerprint density at radius 2 is 2.15 bits per heavy atom. The van der Waals surface area contributed by atoms with E-state index in [1.165, 1.54) is 32.5 Å². The van der Waals surface area contributed by atoms with Crippen LogP contribution in [-0.2, 0) is 4.74 Å². The first-order valence-corrected chi connectivity index (χ1v) is 5.32. The fourth-order valence-corrected chi connectivity index (χ4v) is 2.50. The molecule has 0 aromatic rings. The molecule has 2 saturated heterocycles. The molecule has 2 aliphatic heterocycles. The lowest BCUT2D eigenvalue weighted by Crippen LogP contribution is -2.48. The molecule has 1 atom stereocenters. The van der Waals surface area contributed by atoms with Gasteiger partial charge in [0.15, 0.2) is 0 Å². The van der Waals surface area contributed by atoms with Crippen LogP contribution in [0, 0.1) is 5.41 Å². The van der Waals surface area contributed by atoms with Crippen LogP contribution in [0.4, 0.5) is 0 Å². The van der Waals surface area contributed by atoms with E-state index in [2.05, 4.69) is 11.8 Å². The fraction of sp³-hybridized carbons (Fsp3) is 1.00. The molecule has 0 aliphatic carbocycles. The molecule has 3 nitrogen and oxygen atoms in total. The van der Waals surface area contributed by atoms with E-state index >= 15 is 0 Å². The van der Waals surface area contributed by atoms with Crippen molar-refractivity contribution in [2.45, 2.75) is 25.8 Å². The molecule has 2 rings (SSSR count). The molecule has 0 radical (unpaired) electrons. The molecule has 3 heteroatoms. The second-order valence-corrected chi connectivity index (χ2v) is 4.42. The minimum absolute atomic E-state index is 0.284. The Labute approximate surface area is 80.2 Å². The maximum absolute atomic E-state index is 6.09. The SMILES string of the molecule is CCN1CCC2(CC1)COC[C@H]2N. The Morgan fingerprint density at radius 3 is 2.62 bits per heavy atom. The van der Waals surface area contributed by atoms with Gasteiger partial charge in [0.05, 0.1) is 13.2 Å². The number of rotatable bonds is 1. The third-order valence-electron chi connectivity index (χ3n) is 3.77. The molecule has 76 valence electrons. The van der Waals surface area contributed by atoms with Gasteiger partial charge in [0.25, 0.3) is 0 Å². The summed E-state index contributed by atoms with van der Waals surface area (Å²) in [6, 6.07) is 0.284. The molecule has 2 fully saturated rings. The van der Waals surface area contributed by atoms with E-state index in [4.69, 9.17) is 10.5 Å². The van der Waals surface area contributed by atoms with Gasteiger partial charge in [0.1, 0.15) is 0 Å². The monoisotopic (exact) mass is 184 g/mol. The quantitative estimate of drug-likeness (QED) is 0.643. The van der Waals surface area contributed by atoms with Crippen LogP contribution in [0.5, 0.6) is 0 Å². The van der Waals surface area contributed by atoms with Crippen molar-refractivity contribution in [3.8, 4) is 0 Å². The van der Waals surface area contributed by atoms with Gasteiger partial charge in [-0.1, -0.05) is 6.92 Å². The predicted molar refractivity (Wildman–Crippen MR) is 52.6 cm³/mol. The first-order chi connectivity index (χ1) is 6.27. The first kappa shape index (κ1) is 9.44. The van der Waals surface area contributed by atoms with Crippen LogP contribution < -0.4 is 5.73 Å². The zero-order valence-corrected chi connectivity index (χ0v) is 8.46. The van der Waals surface area contributed by atoms with Gasteiger partial charge < -0.3 is 15.4 Å². The van der Waals surface area contributed by atoms with Crippen LogP contribution in [0.3, 0.4) is 0 Å². The number of nitrogens with two attached hydrogens (primary N) is 1. The minimum atomic E-state index is 0.284. The molecule has 0 aromatic heterocycles. The number of likely N-dealkylation sites (tertiary alicyclic amines) is 1. The van der Waals surface area contributed by atoms with Gasteiger partial charge in [0.2, 0.25) is 0 Å². The largest absolute Gasteiger partial charge is 0.379 e. The Bertz CT molecular complexity index is 176. The number of ether oxygens (including phenoxy) is 1. The molecule has 0 saturated carbocycles. The summed E-state index contributed by atoms with van der Waals surface area (Å²) in [4.78, 5) is 2.50. The third-order valence-corrected chi connectivity index (χ3v) is 3.77. The van der Waals surface area contributed by atoms with Crippen molar-refractivity contribution in [3.05, 3.63) is 0 Å². The van der Waals surface area contributed by atoms with Gasteiger partial charge in [-0.05, 0) is 32.5 Å². The second-order valence-electron chi connectivity index (χ2n) is 4.42. The van der Waals surface area contributed by atoms with Crippen LogP contribution in [0.2, 0.25) is 0 Å².